The SMILES string of the molecule is O=C(Nc1cccc(-c2cnco2)c1)c1csc(C2CCN(C(=O)C#Cc3ccccc3)CC2)n1. The minimum absolute atomic E-state index is 0.154. The molecular weight excluding hydrogens is 460 g/mol. The molecule has 3 heterocycles. The van der Waals surface area contributed by atoms with Gasteiger partial charge in [-0.15, -0.1) is 11.3 Å². The number of carbonyl (C=O) groups is 2. The van der Waals surface area contributed by atoms with E-state index < -0.39 is 0 Å². The second-order valence-electron chi connectivity index (χ2n) is 8.15. The lowest BCUT2D eigenvalue weighted by Gasteiger charge is -2.29. The van der Waals surface area contributed by atoms with E-state index in [1.54, 1.807) is 16.5 Å². The molecule has 2 aromatic carbocycles. The Morgan fingerprint density at radius 2 is 1.91 bits per heavy atom. The van der Waals surface area contributed by atoms with E-state index in [0.29, 0.717) is 30.2 Å². The van der Waals surface area contributed by atoms with Crippen molar-refractivity contribution in [3.8, 4) is 23.2 Å². The number of benzene rings is 2. The van der Waals surface area contributed by atoms with Crippen LogP contribution in [-0.2, 0) is 4.79 Å². The zero-order chi connectivity index (χ0) is 24.0. The average Bonchev–Trinajstić information content (AvgIpc) is 3.61. The molecule has 1 aliphatic heterocycles. The number of amides is 2. The molecule has 0 bridgehead atoms. The van der Waals surface area contributed by atoms with E-state index in [0.717, 1.165) is 29.0 Å². The van der Waals surface area contributed by atoms with Gasteiger partial charge < -0.3 is 14.6 Å². The van der Waals surface area contributed by atoms with E-state index in [9.17, 15) is 9.59 Å². The second-order valence-corrected chi connectivity index (χ2v) is 9.04. The highest BCUT2D eigenvalue weighted by atomic mass is 32.1. The summed E-state index contributed by atoms with van der Waals surface area (Å²) in [6.07, 6.45) is 4.59. The quantitative estimate of drug-likeness (QED) is 0.422. The van der Waals surface area contributed by atoms with Crippen LogP contribution < -0.4 is 5.32 Å². The predicted octanol–water partition coefficient (Wildman–Crippen LogP) is 4.81. The number of nitrogens with one attached hydrogen (secondary N) is 1. The highest BCUT2D eigenvalue weighted by Crippen LogP contribution is 2.30. The minimum Gasteiger partial charge on any atom is -0.444 e. The molecule has 5 rings (SSSR count). The lowest BCUT2D eigenvalue weighted by Crippen LogP contribution is -2.37. The van der Waals surface area contributed by atoms with E-state index in [4.69, 9.17) is 4.42 Å². The maximum absolute atomic E-state index is 12.8. The van der Waals surface area contributed by atoms with E-state index in [2.05, 4.69) is 27.1 Å². The fourth-order valence-electron chi connectivity index (χ4n) is 3.94. The van der Waals surface area contributed by atoms with Crippen LogP contribution in [0.5, 0.6) is 0 Å². The first-order chi connectivity index (χ1) is 17.2. The third kappa shape index (κ3) is 5.48. The number of carbonyl (C=O) groups excluding carboxylic acids is 2. The van der Waals surface area contributed by atoms with E-state index in [1.165, 1.54) is 17.7 Å². The Labute approximate surface area is 206 Å². The number of anilines is 1. The first-order valence-corrected chi connectivity index (χ1v) is 12.2. The van der Waals surface area contributed by atoms with Crippen LogP contribution in [0.3, 0.4) is 0 Å². The number of aromatic nitrogens is 2. The smallest absolute Gasteiger partial charge is 0.298 e. The van der Waals surface area contributed by atoms with Crippen LogP contribution in [0, 0.1) is 11.8 Å². The van der Waals surface area contributed by atoms with E-state index >= 15 is 0 Å². The summed E-state index contributed by atoms with van der Waals surface area (Å²) >= 11 is 1.49. The molecule has 7 nitrogen and oxygen atoms in total. The van der Waals surface area contributed by atoms with Gasteiger partial charge in [-0.25, -0.2) is 9.97 Å². The van der Waals surface area contributed by atoms with Gasteiger partial charge in [-0.3, -0.25) is 9.59 Å². The van der Waals surface area contributed by atoms with Crippen molar-refractivity contribution < 1.29 is 14.0 Å². The molecule has 2 amide bonds. The number of likely N-dealkylation sites (tertiary alicyclic amines) is 1. The molecule has 0 spiro atoms. The Bertz CT molecular complexity index is 1380. The third-order valence-corrected chi connectivity index (χ3v) is 6.82. The summed E-state index contributed by atoms with van der Waals surface area (Å²) in [4.78, 5) is 35.5. The van der Waals surface area contributed by atoms with Crippen molar-refractivity contribution in [1.29, 1.82) is 0 Å². The Hall–Kier alpha value is -4.22. The maximum Gasteiger partial charge on any atom is 0.298 e. The van der Waals surface area contributed by atoms with Crippen LogP contribution >= 0.6 is 11.3 Å². The highest BCUT2D eigenvalue weighted by molar-refractivity contribution is 7.10. The fraction of sp³-hybridized carbons (Fsp3) is 0.185. The Kier molecular flexibility index (Phi) is 6.68. The molecule has 35 heavy (non-hydrogen) atoms. The van der Waals surface area contributed by atoms with Gasteiger partial charge in [0, 0.05) is 47.1 Å². The van der Waals surface area contributed by atoms with Gasteiger partial charge in [0.05, 0.1) is 11.2 Å². The molecule has 4 aromatic rings. The van der Waals surface area contributed by atoms with Gasteiger partial charge in [-0.05, 0) is 37.1 Å². The molecule has 174 valence electrons. The molecule has 0 saturated carbocycles. The zero-order valence-electron chi connectivity index (χ0n) is 18.8. The molecular formula is C27H22N4O3S. The van der Waals surface area contributed by atoms with Gasteiger partial charge in [-0.2, -0.15) is 0 Å². The van der Waals surface area contributed by atoms with Crippen LogP contribution in [0.1, 0.15) is 39.8 Å². The minimum atomic E-state index is -0.258. The van der Waals surface area contributed by atoms with Crippen LogP contribution in [-0.4, -0.2) is 39.8 Å². The molecule has 0 atom stereocenters. The second kappa shape index (κ2) is 10.4. The summed E-state index contributed by atoms with van der Waals surface area (Å²) in [5.74, 6) is 6.11. The lowest BCUT2D eigenvalue weighted by atomic mass is 9.97. The first kappa shape index (κ1) is 22.6. The molecule has 8 heteroatoms. The monoisotopic (exact) mass is 482 g/mol. The van der Waals surface area contributed by atoms with Gasteiger partial charge in [0.1, 0.15) is 5.69 Å². The summed E-state index contributed by atoms with van der Waals surface area (Å²) in [5, 5.41) is 5.61. The molecule has 1 N–H and O–H groups in total. The number of rotatable bonds is 4. The van der Waals surface area contributed by atoms with Crippen molar-refractivity contribution >= 4 is 28.8 Å². The van der Waals surface area contributed by atoms with Crippen molar-refractivity contribution in [2.45, 2.75) is 18.8 Å². The number of hydrogen-bond acceptors (Lipinski definition) is 6. The maximum atomic E-state index is 12.8. The predicted molar refractivity (Wildman–Crippen MR) is 134 cm³/mol. The standard InChI is InChI=1S/C27H22N4O3S/c32-25(10-9-19-5-2-1-3-6-19)31-13-11-20(12-14-31)27-30-23(17-35-27)26(33)29-22-8-4-7-21(15-22)24-16-28-18-34-24/h1-8,15-18,20H,11-14H2,(H,29,33). The van der Waals surface area contributed by atoms with Crippen molar-refractivity contribution in [2.75, 3.05) is 18.4 Å². The van der Waals surface area contributed by atoms with Gasteiger partial charge in [-0.1, -0.05) is 36.3 Å². The number of nitrogens with zero attached hydrogens (tertiary/aromatic N) is 3. The first-order valence-electron chi connectivity index (χ1n) is 11.3. The third-order valence-electron chi connectivity index (χ3n) is 5.81. The topological polar surface area (TPSA) is 88.3 Å². The van der Waals surface area contributed by atoms with Crippen LogP contribution in [0.2, 0.25) is 0 Å². The molecule has 1 saturated heterocycles. The normalized spacial score (nSPS) is 13.7. The summed E-state index contributed by atoms with van der Waals surface area (Å²) in [6.45, 7) is 1.25. The summed E-state index contributed by atoms with van der Waals surface area (Å²) < 4.78 is 5.32. The van der Waals surface area contributed by atoms with Gasteiger partial charge in [0.25, 0.3) is 11.8 Å². The fourth-order valence-corrected chi connectivity index (χ4v) is 4.91. The molecule has 1 aliphatic rings. The highest BCUT2D eigenvalue weighted by Gasteiger charge is 2.26. The number of thiazole rings is 1. The van der Waals surface area contributed by atoms with Crippen molar-refractivity contribution in [3.63, 3.8) is 0 Å². The Morgan fingerprint density at radius 1 is 1.09 bits per heavy atom. The average molecular weight is 483 g/mol. The van der Waals surface area contributed by atoms with Crippen molar-refractivity contribution in [2.24, 2.45) is 0 Å². The molecule has 2 aromatic heterocycles. The zero-order valence-corrected chi connectivity index (χ0v) is 19.6. The van der Waals surface area contributed by atoms with Gasteiger partial charge in [0.15, 0.2) is 12.2 Å². The summed E-state index contributed by atoms with van der Waals surface area (Å²) in [7, 11) is 0. The summed E-state index contributed by atoms with van der Waals surface area (Å²) in [5.41, 5.74) is 2.70. The van der Waals surface area contributed by atoms with Crippen LogP contribution in [0.15, 0.2) is 77.0 Å². The largest absolute Gasteiger partial charge is 0.444 e. The molecule has 1 fully saturated rings. The van der Waals surface area contributed by atoms with Crippen molar-refractivity contribution in [1.82, 2.24) is 14.9 Å². The van der Waals surface area contributed by atoms with Crippen molar-refractivity contribution in [3.05, 3.63) is 88.8 Å². The van der Waals surface area contributed by atoms with Gasteiger partial charge >= 0.3 is 0 Å². The number of hydrogen-bond donors (Lipinski definition) is 1. The number of piperidine rings is 1. The van der Waals surface area contributed by atoms with Crippen LogP contribution in [0.4, 0.5) is 5.69 Å². The molecule has 0 aliphatic carbocycles. The van der Waals surface area contributed by atoms with E-state index in [-0.39, 0.29) is 17.7 Å². The summed E-state index contributed by atoms with van der Waals surface area (Å²) in [6, 6.07) is 16.9. The molecule has 0 radical (unpaired) electrons. The number of oxazole rings is 1. The van der Waals surface area contributed by atoms with E-state index in [1.807, 2.05) is 54.6 Å². The molecule has 0 unspecified atom stereocenters. The van der Waals surface area contributed by atoms with Crippen LogP contribution in [0.25, 0.3) is 11.3 Å². The lowest BCUT2D eigenvalue weighted by molar-refractivity contribution is -0.126. The Morgan fingerprint density at radius 3 is 2.69 bits per heavy atom. The Balaban J connectivity index is 1.17. The van der Waals surface area contributed by atoms with Gasteiger partial charge in [0.2, 0.25) is 0 Å².